The number of hydrogen-bond donors (Lipinski definition) is 2. The van der Waals surface area contributed by atoms with Crippen LogP contribution in [-0.2, 0) is 14.9 Å². The molecular weight excluding hydrogens is 316 g/mol. The third kappa shape index (κ3) is 1.27. The monoisotopic (exact) mass is 331 g/mol. The first kappa shape index (κ1) is 15.8. The van der Waals surface area contributed by atoms with Crippen LogP contribution in [0.5, 0.6) is 0 Å². The Morgan fingerprint density at radius 2 is 1.87 bits per heavy atom. The zero-order chi connectivity index (χ0) is 17.1. The lowest BCUT2D eigenvalue weighted by Gasteiger charge is -2.30. The average molecular weight is 332 g/mol. The second-order valence-corrected chi connectivity index (χ2v) is 6.36. The van der Waals surface area contributed by atoms with E-state index >= 15 is 0 Å². The summed E-state index contributed by atoms with van der Waals surface area (Å²) in [6, 6.07) is 11.6. The molecule has 1 heterocycles. The van der Waals surface area contributed by atoms with E-state index in [4.69, 9.17) is 26.8 Å². The van der Waals surface area contributed by atoms with Crippen LogP contribution in [0.15, 0.2) is 24.3 Å². The van der Waals surface area contributed by atoms with Crippen molar-refractivity contribution in [3.8, 4) is 12.1 Å². The van der Waals surface area contributed by atoms with Crippen molar-refractivity contribution in [1.82, 2.24) is 0 Å². The normalized spacial score (nSPS) is 36.5. The molecule has 118 valence electrons. The lowest BCUT2D eigenvalue weighted by atomic mass is 9.84. The van der Waals surface area contributed by atoms with E-state index in [2.05, 4.69) is 17.1 Å². The summed E-state index contributed by atoms with van der Waals surface area (Å²) in [4.78, 5) is 2.86. The molecule has 6 nitrogen and oxygen atoms in total. The summed E-state index contributed by atoms with van der Waals surface area (Å²) >= 11 is 6.11. The molecule has 3 atom stereocenters. The van der Waals surface area contributed by atoms with Crippen LogP contribution in [0.25, 0.3) is 0 Å². The Balaban J connectivity index is 2.36. The molecular formula is C16H16ClN4O2+. The number of ether oxygens (including phenoxy) is 2. The summed E-state index contributed by atoms with van der Waals surface area (Å²) in [7, 11) is 2.82. The van der Waals surface area contributed by atoms with E-state index < -0.39 is 22.2 Å². The number of amidine groups is 1. The second-order valence-electron chi connectivity index (χ2n) is 5.92. The summed E-state index contributed by atoms with van der Waals surface area (Å²) in [5, 5.41) is 20.5. The van der Waals surface area contributed by atoms with Crippen molar-refractivity contribution in [1.29, 1.82) is 10.5 Å². The van der Waals surface area contributed by atoms with Crippen LogP contribution in [0.4, 0.5) is 0 Å². The fourth-order valence-corrected chi connectivity index (χ4v) is 4.57. The number of nitriles is 2. The Bertz CT molecular complexity index is 807. The van der Waals surface area contributed by atoms with Crippen LogP contribution in [0.1, 0.15) is 12.5 Å². The fourth-order valence-electron chi connectivity index (χ4n) is 4.38. The molecule has 1 saturated carbocycles. The maximum absolute atomic E-state index is 10.0. The van der Waals surface area contributed by atoms with Gasteiger partial charge in [0.05, 0.1) is 17.6 Å². The first-order valence-electron chi connectivity index (χ1n) is 6.97. The number of nitrogens with one attached hydrogen (secondary N) is 1. The average Bonchev–Trinajstić information content (AvgIpc) is 2.97. The molecule has 1 aliphatic heterocycles. The number of nitrogens with two attached hydrogens (primary N) is 1. The van der Waals surface area contributed by atoms with Crippen molar-refractivity contribution in [2.45, 2.75) is 18.2 Å². The highest BCUT2D eigenvalue weighted by Crippen LogP contribution is 2.82. The third-order valence-corrected chi connectivity index (χ3v) is 5.74. The predicted molar refractivity (Wildman–Crippen MR) is 81.8 cm³/mol. The first-order valence-corrected chi connectivity index (χ1v) is 7.35. The van der Waals surface area contributed by atoms with Crippen LogP contribution in [-0.4, -0.2) is 26.0 Å². The van der Waals surface area contributed by atoms with Crippen LogP contribution in [0, 0.1) is 33.5 Å². The molecule has 1 aromatic rings. The summed E-state index contributed by atoms with van der Waals surface area (Å²) in [6.07, 6.45) is 0. The van der Waals surface area contributed by atoms with Crippen molar-refractivity contribution in [3.63, 3.8) is 0 Å². The third-order valence-electron chi connectivity index (χ3n) is 5.51. The van der Waals surface area contributed by atoms with Gasteiger partial charge in [0.1, 0.15) is 0 Å². The van der Waals surface area contributed by atoms with Gasteiger partial charge in [0.25, 0.3) is 5.84 Å². The number of rotatable bonds is 3. The van der Waals surface area contributed by atoms with Gasteiger partial charge in [-0.15, -0.1) is 0 Å². The van der Waals surface area contributed by atoms with Gasteiger partial charge in [0.15, 0.2) is 10.8 Å². The van der Waals surface area contributed by atoms with Gasteiger partial charge in [-0.25, -0.2) is 4.99 Å². The number of fused-ring (bicyclic) bond motifs is 1. The summed E-state index contributed by atoms with van der Waals surface area (Å²) in [5.41, 5.74) is 3.31. The number of methoxy groups -OCH3 is 2. The standard InChI is InChI=1S/C16H15ClN4O2/c1-13(10-5-4-6-11(17)7-10)14(8-18)12(20)21-16(22-2,23-3)15(13,14)9-19/h4-7H,1-3H3,(H2,20,21)/p+1/t13-,14+,15-/m1/s1. The maximum Gasteiger partial charge on any atom is 0.343 e. The Labute approximate surface area is 139 Å². The molecule has 0 unspecified atom stereocenters. The largest absolute Gasteiger partial charge is 0.343 e. The van der Waals surface area contributed by atoms with Gasteiger partial charge in [-0.2, -0.15) is 10.5 Å². The number of hydrogen-bond acceptors (Lipinski definition) is 5. The Morgan fingerprint density at radius 3 is 2.35 bits per heavy atom. The minimum atomic E-state index is -1.52. The molecule has 0 aromatic heterocycles. The Kier molecular flexibility index (Phi) is 3.05. The molecule has 7 heteroatoms. The quantitative estimate of drug-likeness (QED) is 0.760. The molecule has 0 radical (unpaired) electrons. The molecule has 1 aromatic carbocycles. The Morgan fingerprint density at radius 1 is 1.22 bits per heavy atom. The van der Waals surface area contributed by atoms with Crippen LogP contribution < -0.4 is 10.7 Å². The molecule has 0 spiro atoms. The first-order chi connectivity index (χ1) is 10.9. The van der Waals surface area contributed by atoms with Crippen LogP contribution >= 0.6 is 11.6 Å². The molecule has 2 aliphatic rings. The number of halogens is 1. The highest BCUT2D eigenvalue weighted by molar-refractivity contribution is 6.30. The molecule has 1 fully saturated rings. The van der Waals surface area contributed by atoms with Crippen LogP contribution in [0.2, 0.25) is 5.02 Å². The zero-order valence-electron chi connectivity index (χ0n) is 13.0. The predicted octanol–water partition coefficient (Wildman–Crippen LogP) is 0.0293. The molecule has 0 bridgehead atoms. The summed E-state index contributed by atoms with van der Waals surface area (Å²) in [5.74, 6) is -1.36. The van der Waals surface area contributed by atoms with E-state index in [9.17, 15) is 10.5 Å². The van der Waals surface area contributed by atoms with Gasteiger partial charge in [0.2, 0.25) is 0 Å². The minimum Gasteiger partial charge on any atom is -0.317 e. The highest BCUT2D eigenvalue weighted by Gasteiger charge is 3.02. The zero-order valence-corrected chi connectivity index (χ0v) is 13.7. The van der Waals surface area contributed by atoms with Gasteiger partial charge >= 0.3 is 5.91 Å². The molecule has 3 N–H and O–H groups in total. The van der Waals surface area contributed by atoms with E-state index in [1.807, 2.05) is 13.0 Å². The molecule has 1 aliphatic carbocycles. The highest BCUT2D eigenvalue weighted by atomic mass is 35.5. The lowest BCUT2D eigenvalue weighted by molar-refractivity contribution is -0.688. The van der Waals surface area contributed by atoms with Gasteiger partial charge in [-0.05, 0) is 17.7 Å². The van der Waals surface area contributed by atoms with E-state index in [0.717, 1.165) is 5.56 Å². The van der Waals surface area contributed by atoms with Crippen molar-refractivity contribution < 1.29 is 14.5 Å². The second kappa shape index (κ2) is 4.46. The van der Waals surface area contributed by atoms with Gasteiger partial charge < -0.3 is 9.47 Å². The fraction of sp³-hybridized carbons (Fsp3) is 0.438. The summed E-state index contributed by atoms with van der Waals surface area (Å²) in [6.45, 7) is 1.81. The van der Waals surface area contributed by atoms with E-state index in [1.54, 1.807) is 18.2 Å². The SMILES string of the molecule is COC1(OC)[NH+]=C(N)[C@@]2(C#N)[C@@](C)(c3cccc(Cl)c3)[C@@]12C#N. The number of nitrogens with zero attached hydrogens (tertiary/aromatic N) is 2. The van der Waals surface area contributed by atoms with Gasteiger partial charge in [-0.3, -0.25) is 5.73 Å². The minimum absolute atomic E-state index is 0.160. The van der Waals surface area contributed by atoms with Crippen molar-refractivity contribution in [2.75, 3.05) is 14.2 Å². The molecule has 0 saturated heterocycles. The molecule has 0 amide bonds. The molecule has 23 heavy (non-hydrogen) atoms. The maximum atomic E-state index is 10.0. The van der Waals surface area contributed by atoms with Gasteiger partial charge in [-0.1, -0.05) is 30.7 Å². The lowest BCUT2D eigenvalue weighted by Crippen LogP contribution is -2.91. The van der Waals surface area contributed by atoms with Gasteiger partial charge in [0, 0.05) is 19.2 Å². The van der Waals surface area contributed by atoms with E-state index in [1.165, 1.54) is 14.2 Å². The van der Waals surface area contributed by atoms with E-state index in [-0.39, 0.29) is 5.84 Å². The van der Waals surface area contributed by atoms with Crippen LogP contribution in [0.3, 0.4) is 0 Å². The number of benzene rings is 1. The van der Waals surface area contributed by atoms with E-state index in [0.29, 0.717) is 5.02 Å². The summed E-state index contributed by atoms with van der Waals surface area (Å²) < 4.78 is 11.0. The topological polar surface area (TPSA) is 106 Å². The van der Waals surface area contributed by atoms with Crippen molar-refractivity contribution in [3.05, 3.63) is 34.9 Å². The van der Waals surface area contributed by atoms with Crippen molar-refractivity contribution in [2.24, 2.45) is 16.6 Å². The smallest absolute Gasteiger partial charge is 0.317 e. The molecule has 3 rings (SSSR count). The van der Waals surface area contributed by atoms with Crippen molar-refractivity contribution >= 4 is 17.4 Å². The Hall–Kier alpha value is -2.12.